The molecule has 0 aliphatic carbocycles. The first kappa shape index (κ1) is 17.5. The first-order valence-electron chi connectivity index (χ1n) is 7.60. The van der Waals surface area contributed by atoms with Crippen molar-refractivity contribution < 1.29 is 19.0 Å². The minimum Gasteiger partial charge on any atom is -0.490 e. The van der Waals surface area contributed by atoms with Crippen LogP contribution in [0.5, 0.6) is 17.2 Å². The molecule has 0 aromatic heterocycles. The Balaban J connectivity index is 1.38. The van der Waals surface area contributed by atoms with Crippen LogP contribution in [0.3, 0.4) is 0 Å². The lowest BCUT2D eigenvalue weighted by Gasteiger charge is -2.10. The first-order chi connectivity index (χ1) is 12.1. The molecule has 1 aliphatic heterocycles. The third-order valence-corrected chi connectivity index (χ3v) is 4.25. The molecule has 0 spiro atoms. The number of amides is 2. The fourth-order valence-electron chi connectivity index (χ4n) is 2.22. The topological polar surface area (TPSA) is 68.8 Å². The van der Waals surface area contributed by atoms with Gasteiger partial charge in [0.1, 0.15) is 17.4 Å². The van der Waals surface area contributed by atoms with Gasteiger partial charge in [-0.25, -0.2) is 4.79 Å². The molecule has 0 bridgehead atoms. The lowest BCUT2D eigenvalue weighted by molar-refractivity contribution is 0.174. The SMILES string of the molecule is O=C(NCCOc1cccc(Cl)c1Cl)NCc1ccc2c(c1)OCO2. The van der Waals surface area contributed by atoms with Gasteiger partial charge in [-0.05, 0) is 29.8 Å². The van der Waals surface area contributed by atoms with Crippen molar-refractivity contribution in [2.45, 2.75) is 6.54 Å². The summed E-state index contributed by atoms with van der Waals surface area (Å²) in [5.74, 6) is 1.88. The molecule has 2 N–H and O–H groups in total. The average molecular weight is 383 g/mol. The molecule has 0 saturated carbocycles. The summed E-state index contributed by atoms with van der Waals surface area (Å²) < 4.78 is 16.0. The predicted molar refractivity (Wildman–Crippen MR) is 94.8 cm³/mol. The number of urea groups is 1. The number of fused-ring (bicyclic) bond motifs is 1. The van der Waals surface area contributed by atoms with Gasteiger partial charge in [0.2, 0.25) is 6.79 Å². The van der Waals surface area contributed by atoms with E-state index in [1.54, 1.807) is 18.2 Å². The van der Waals surface area contributed by atoms with Gasteiger partial charge in [0, 0.05) is 6.54 Å². The summed E-state index contributed by atoms with van der Waals surface area (Å²) in [7, 11) is 0. The summed E-state index contributed by atoms with van der Waals surface area (Å²) in [6.45, 7) is 1.21. The highest BCUT2D eigenvalue weighted by atomic mass is 35.5. The van der Waals surface area contributed by atoms with Crippen LogP contribution in [0.25, 0.3) is 0 Å². The Morgan fingerprint density at radius 3 is 2.84 bits per heavy atom. The van der Waals surface area contributed by atoms with Gasteiger partial charge in [-0.15, -0.1) is 0 Å². The molecule has 0 unspecified atom stereocenters. The molecular formula is C17H16Cl2N2O4. The second-order valence-corrected chi connectivity index (χ2v) is 5.98. The largest absolute Gasteiger partial charge is 0.490 e. The van der Waals surface area contributed by atoms with Crippen molar-refractivity contribution in [3.05, 3.63) is 52.0 Å². The van der Waals surface area contributed by atoms with Gasteiger partial charge in [0.15, 0.2) is 11.5 Å². The van der Waals surface area contributed by atoms with Gasteiger partial charge in [0.25, 0.3) is 0 Å². The van der Waals surface area contributed by atoms with Crippen LogP contribution < -0.4 is 24.8 Å². The van der Waals surface area contributed by atoms with Crippen molar-refractivity contribution in [2.24, 2.45) is 0 Å². The Hall–Kier alpha value is -2.31. The van der Waals surface area contributed by atoms with E-state index in [0.717, 1.165) is 5.56 Å². The Morgan fingerprint density at radius 1 is 1.12 bits per heavy atom. The molecular weight excluding hydrogens is 367 g/mol. The maximum atomic E-state index is 11.8. The summed E-state index contributed by atoms with van der Waals surface area (Å²) in [6.07, 6.45) is 0. The van der Waals surface area contributed by atoms with Crippen molar-refractivity contribution in [1.29, 1.82) is 0 Å². The zero-order chi connectivity index (χ0) is 17.6. The lowest BCUT2D eigenvalue weighted by Crippen LogP contribution is -2.37. The van der Waals surface area contributed by atoms with Gasteiger partial charge < -0.3 is 24.8 Å². The molecule has 132 valence electrons. The highest BCUT2D eigenvalue weighted by Crippen LogP contribution is 2.32. The molecule has 2 aromatic rings. The summed E-state index contributed by atoms with van der Waals surface area (Å²) in [5.41, 5.74) is 0.918. The molecule has 6 nitrogen and oxygen atoms in total. The smallest absolute Gasteiger partial charge is 0.315 e. The van der Waals surface area contributed by atoms with Crippen LogP contribution >= 0.6 is 23.2 Å². The minimum absolute atomic E-state index is 0.226. The second-order valence-electron chi connectivity index (χ2n) is 5.20. The molecule has 8 heteroatoms. The normalized spacial score (nSPS) is 11.9. The van der Waals surface area contributed by atoms with Crippen molar-refractivity contribution in [3.8, 4) is 17.2 Å². The molecule has 2 aromatic carbocycles. The van der Waals surface area contributed by atoms with Crippen LogP contribution in [0.4, 0.5) is 4.79 Å². The van der Waals surface area contributed by atoms with E-state index in [2.05, 4.69) is 10.6 Å². The molecule has 0 radical (unpaired) electrons. The standard InChI is InChI=1S/C17H16Cl2N2O4/c18-12-2-1-3-14(16(12)19)23-7-6-20-17(22)21-9-11-4-5-13-15(8-11)25-10-24-13/h1-5,8H,6-7,9-10H2,(H2,20,21,22). The predicted octanol–water partition coefficient (Wildman–Crippen LogP) is 3.60. The van der Waals surface area contributed by atoms with E-state index in [1.165, 1.54) is 0 Å². The molecule has 25 heavy (non-hydrogen) atoms. The van der Waals surface area contributed by atoms with E-state index in [1.807, 2.05) is 18.2 Å². The number of carbonyl (C=O) groups is 1. The van der Waals surface area contributed by atoms with Gasteiger partial charge in [-0.3, -0.25) is 0 Å². The highest BCUT2D eigenvalue weighted by molar-refractivity contribution is 6.42. The van der Waals surface area contributed by atoms with Crippen LogP contribution in [0.1, 0.15) is 5.56 Å². The highest BCUT2D eigenvalue weighted by Gasteiger charge is 2.13. The maximum absolute atomic E-state index is 11.8. The Kier molecular flexibility index (Phi) is 5.73. The summed E-state index contributed by atoms with van der Waals surface area (Å²) in [6, 6.07) is 10.4. The lowest BCUT2D eigenvalue weighted by atomic mass is 10.2. The first-order valence-corrected chi connectivity index (χ1v) is 8.36. The van der Waals surface area contributed by atoms with E-state index in [0.29, 0.717) is 40.4 Å². The number of carbonyl (C=O) groups excluding carboxylic acids is 1. The zero-order valence-corrected chi connectivity index (χ0v) is 14.7. The summed E-state index contributed by atoms with van der Waals surface area (Å²) >= 11 is 11.9. The number of halogens is 2. The number of nitrogens with one attached hydrogen (secondary N) is 2. The van der Waals surface area contributed by atoms with Crippen LogP contribution in [-0.2, 0) is 6.54 Å². The average Bonchev–Trinajstić information content (AvgIpc) is 3.08. The molecule has 1 aliphatic rings. The number of ether oxygens (including phenoxy) is 3. The van der Waals surface area contributed by atoms with E-state index >= 15 is 0 Å². The van der Waals surface area contributed by atoms with Gasteiger partial charge >= 0.3 is 6.03 Å². The van der Waals surface area contributed by atoms with Crippen LogP contribution in [0.2, 0.25) is 10.0 Å². The summed E-state index contributed by atoms with van der Waals surface area (Å²) in [5, 5.41) is 6.25. The minimum atomic E-state index is -0.293. The van der Waals surface area contributed by atoms with Crippen LogP contribution in [0.15, 0.2) is 36.4 Å². The Labute approximate surface area is 155 Å². The third-order valence-electron chi connectivity index (χ3n) is 3.45. The third kappa shape index (κ3) is 4.61. The fourth-order valence-corrected chi connectivity index (χ4v) is 2.56. The Bertz CT molecular complexity index is 770. The Morgan fingerprint density at radius 2 is 1.96 bits per heavy atom. The van der Waals surface area contributed by atoms with Crippen molar-refractivity contribution in [3.63, 3.8) is 0 Å². The van der Waals surface area contributed by atoms with Gasteiger partial charge in [-0.2, -0.15) is 0 Å². The number of hydrogen-bond acceptors (Lipinski definition) is 4. The van der Waals surface area contributed by atoms with Crippen molar-refractivity contribution >= 4 is 29.2 Å². The zero-order valence-electron chi connectivity index (χ0n) is 13.2. The number of rotatable bonds is 6. The van der Waals surface area contributed by atoms with Gasteiger partial charge in [0.05, 0.1) is 11.6 Å². The second kappa shape index (κ2) is 8.18. The van der Waals surface area contributed by atoms with E-state index < -0.39 is 0 Å². The molecule has 2 amide bonds. The summed E-state index contributed by atoms with van der Waals surface area (Å²) in [4.78, 5) is 11.8. The van der Waals surface area contributed by atoms with E-state index in [-0.39, 0.29) is 19.4 Å². The van der Waals surface area contributed by atoms with Crippen LogP contribution in [-0.4, -0.2) is 26.0 Å². The maximum Gasteiger partial charge on any atom is 0.315 e. The van der Waals surface area contributed by atoms with Crippen molar-refractivity contribution in [2.75, 3.05) is 19.9 Å². The van der Waals surface area contributed by atoms with Gasteiger partial charge in [-0.1, -0.05) is 35.3 Å². The molecule has 3 rings (SSSR count). The van der Waals surface area contributed by atoms with Crippen molar-refractivity contribution in [1.82, 2.24) is 10.6 Å². The quantitative estimate of drug-likeness (QED) is 0.748. The van der Waals surface area contributed by atoms with E-state index in [4.69, 9.17) is 37.4 Å². The molecule has 1 heterocycles. The van der Waals surface area contributed by atoms with Crippen LogP contribution in [0, 0.1) is 0 Å². The monoisotopic (exact) mass is 382 g/mol. The van der Waals surface area contributed by atoms with E-state index in [9.17, 15) is 4.79 Å². The number of hydrogen-bond donors (Lipinski definition) is 2. The molecule has 0 atom stereocenters. The number of benzene rings is 2. The fraction of sp³-hybridized carbons (Fsp3) is 0.235. The molecule has 0 fully saturated rings. The molecule has 0 saturated heterocycles.